The van der Waals surface area contributed by atoms with Crippen molar-refractivity contribution >= 4 is 5.91 Å². The molecule has 0 saturated carbocycles. The van der Waals surface area contributed by atoms with E-state index < -0.39 is 0 Å². The summed E-state index contributed by atoms with van der Waals surface area (Å²) in [4.78, 5) is 18.7. The number of amides is 1. The van der Waals surface area contributed by atoms with Gasteiger partial charge in [0, 0.05) is 25.6 Å². The Morgan fingerprint density at radius 1 is 1.35 bits per heavy atom. The topological polar surface area (TPSA) is 46.3 Å². The Kier molecular flexibility index (Phi) is 3.81. The lowest BCUT2D eigenvalue weighted by Gasteiger charge is -2.24. The molecule has 1 amide bonds. The summed E-state index contributed by atoms with van der Waals surface area (Å²) in [6.45, 7) is 0.832. The van der Waals surface area contributed by atoms with E-state index in [1.54, 1.807) is 12.5 Å². The lowest BCUT2D eigenvalue weighted by Crippen LogP contribution is -2.31. The SMILES string of the molecule is O=C(CCc1ccco1)N1CCC[C@@H]1c1ccccn1. The van der Waals surface area contributed by atoms with E-state index in [0.29, 0.717) is 12.8 Å². The van der Waals surface area contributed by atoms with E-state index in [0.717, 1.165) is 30.8 Å². The molecular formula is C16H18N2O2. The first kappa shape index (κ1) is 12.9. The van der Waals surface area contributed by atoms with Crippen LogP contribution < -0.4 is 0 Å². The fraction of sp³-hybridized carbons (Fsp3) is 0.375. The van der Waals surface area contributed by atoms with E-state index in [1.807, 2.05) is 35.2 Å². The largest absolute Gasteiger partial charge is 0.469 e. The van der Waals surface area contributed by atoms with Gasteiger partial charge in [0.05, 0.1) is 18.0 Å². The highest BCUT2D eigenvalue weighted by Gasteiger charge is 2.30. The van der Waals surface area contributed by atoms with Crippen LogP contribution in [0.25, 0.3) is 0 Å². The van der Waals surface area contributed by atoms with Gasteiger partial charge in [-0.05, 0) is 37.1 Å². The molecule has 0 radical (unpaired) electrons. The van der Waals surface area contributed by atoms with Gasteiger partial charge in [-0.25, -0.2) is 0 Å². The molecule has 4 heteroatoms. The van der Waals surface area contributed by atoms with Gasteiger partial charge in [-0.1, -0.05) is 6.07 Å². The van der Waals surface area contributed by atoms with Gasteiger partial charge in [0.25, 0.3) is 0 Å². The molecule has 104 valence electrons. The van der Waals surface area contributed by atoms with Crippen molar-refractivity contribution in [2.45, 2.75) is 31.7 Å². The van der Waals surface area contributed by atoms with Gasteiger partial charge in [0.15, 0.2) is 0 Å². The zero-order valence-electron chi connectivity index (χ0n) is 11.4. The van der Waals surface area contributed by atoms with E-state index in [1.165, 1.54) is 0 Å². The predicted octanol–water partition coefficient (Wildman–Crippen LogP) is 2.97. The van der Waals surface area contributed by atoms with Crippen molar-refractivity contribution in [3.05, 3.63) is 54.2 Å². The van der Waals surface area contributed by atoms with Crippen molar-refractivity contribution < 1.29 is 9.21 Å². The molecule has 4 nitrogen and oxygen atoms in total. The minimum absolute atomic E-state index is 0.139. The maximum atomic E-state index is 12.4. The summed E-state index contributed by atoms with van der Waals surface area (Å²) in [5.74, 6) is 1.06. The maximum absolute atomic E-state index is 12.4. The molecule has 20 heavy (non-hydrogen) atoms. The summed E-state index contributed by atoms with van der Waals surface area (Å²) in [6.07, 6.45) is 6.65. The fourth-order valence-corrected chi connectivity index (χ4v) is 2.77. The average Bonchev–Trinajstić information content (AvgIpc) is 3.17. The van der Waals surface area contributed by atoms with Crippen LogP contribution in [0, 0.1) is 0 Å². The normalized spacial score (nSPS) is 18.4. The second-order valence-electron chi connectivity index (χ2n) is 5.08. The minimum Gasteiger partial charge on any atom is -0.469 e. The summed E-state index contributed by atoms with van der Waals surface area (Å²) >= 11 is 0. The first-order valence-electron chi connectivity index (χ1n) is 7.07. The zero-order chi connectivity index (χ0) is 13.8. The Labute approximate surface area is 118 Å². The van der Waals surface area contributed by atoms with E-state index in [4.69, 9.17) is 4.42 Å². The van der Waals surface area contributed by atoms with E-state index >= 15 is 0 Å². The summed E-state index contributed by atoms with van der Waals surface area (Å²) in [5, 5.41) is 0. The minimum atomic E-state index is 0.139. The van der Waals surface area contributed by atoms with Gasteiger partial charge in [-0.15, -0.1) is 0 Å². The molecule has 1 atom stereocenters. The highest BCUT2D eigenvalue weighted by molar-refractivity contribution is 5.77. The van der Waals surface area contributed by atoms with Crippen LogP contribution in [0.15, 0.2) is 47.2 Å². The number of hydrogen-bond acceptors (Lipinski definition) is 3. The lowest BCUT2D eigenvalue weighted by molar-refractivity contribution is -0.132. The summed E-state index contributed by atoms with van der Waals surface area (Å²) in [6, 6.07) is 9.79. The Morgan fingerprint density at radius 2 is 2.30 bits per heavy atom. The Balaban J connectivity index is 1.64. The van der Waals surface area contributed by atoms with Crippen LogP contribution in [0.4, 0.5) is 0 Å². The monoisotopic (exact) mass is 270 g/mol. The van der Waals surface area contributed by atoms with Crippen LogP contribution in [-0.4, -0.2) is 22.3 Å². The van der Waals surface area contributed by atoms with Crippen LogP contribution in [0.2, 0.25) is 0 Å². The average molecular weight is 270 g/mol. The highest BCUT2D eigenvalue weighted by Crippen LogP contribution is 2.31. The number of likely N-dealkylation sites (tertiary alicyclic amines) is 1. The van der Waals surface area contributed by atoms with Crippen molar-refractivity contribution in [1.29, 1.82) is 0 Å². The third-order valence-corrected chi connectivity index (χ3v) is 3.77. The van der Waals surface area contributed by atoms with Crippen molar-refractivity contribution in [3.8, 4) is 0 Å². The molecule has 3 rings (SSSR count). The predicted molar refractivity (Wildman–Crippen MR) is 75.0 cm³/mol. The molecule has 0 aromatic carbocycles. The number of carbonyl (C=O) groups excluding carboxylic acids is 1. The molecule has 0 unspecified atom stereocenters. The number of nitrogens with zero attached hydrogens (tertiary/aromatic N) is 2. The van der Waals surface area contributed by atoms with Gasteiger partial charge in [-0.3, -0.25) is 9.78 Å². The molecule has 1 aliphatic heterocycles. The van der Waals surface area contributed by atoms with Crippen molar-refractivity contribution in [1.82, 2.24) is 9.88 Å². The van der Waals surface area contributed by atoms with Gasteiger partial charge in [-0.2, -0.15) is 0 Å². The Bertz CT molecular complexity index is 551. The van der Waals surface area contributed by atoms with Crippen LogP contribution in [0.5, 0.6) is 0 Å². The number of furan rings is 1. The van der Waals surface area contributed by atoms with Gasteiger partial charge in [0.1, 0.15) is 5.76 Å². The number of carbonyl (C=O) groups is 1. The molecule has 0 aliphatic carbocycles. The second kappa shape index (κ2) is 5.90. The van der Waals surface area contributed by atoms with Crippen molar-refractivity contribution in [2.75, 3.05) is 6.54 Å². The van der Waals surface area contributed by atoms with Crippen LogP contribution >= 0.6 is 0 Å². The van der Waals surface area contributed by atoms with Crippen molar-refractivity contribution in [2.24, 2.45) is 0 Å². The molecule has 2 aromatic rings. The number of aromatic nitrogens is 1. The van der Waals surface area contributed by atoms with E-state index in [9.17, 15) is 4.79 Å². The first-order chi connectivity index (χ1) is 9.84. The molecule has 1 saturated heterocycles. The molecule has 0 N–H and O–H groups in total. The third kappa shape index (κ3) is 2.74. The van der Waals surface area contributed by atoms with E-state index in [-0.39, 0.29) is 11.9 Å². The molecule has 2 aromatic heterocycles. The Morgan fingerprint density at radius 3 is 3.05 bits per heavy atom. The Hall–Kier alpha value is -2.10. The molecular weight excluding hydrogens is 252 g/mol. The maximum Gasteiger partial charge on any atom is 0.223 e. The number of aryl methyl sites for hydroxylation is 1. The lowest BCUT2D eigenvalue weighted by atomic mass is 10.1. The van der Waals surface area contributed by atoms with Crippen LogP contribution in [0.1, 0.15) is 36.8 Å². The highest BCUT2D eigenvalue weighted by atomic mass is 16.3. The number of rotatable bonds is 4. The molecule has 1 aliphatic rings. The summed E-state index contributed by atoms with van der Waals surface area (Å²) < 4.78 is 5.27. The second-order valence-corrected chi connectivity index (χ2v) is 5.08. The van der Waals surface area contributed by atoms with E-state index in [2.05, 4.69) is 4.98 Å². The number of hydrogen-bond donors (Lipinski definition) is 0. The summed E-state index contributed by atoms with van der Waals surface area (Å²) in [5.41, 5.74) is 0.997. The molecule has 0 bridgehead atoms. The summed E-state index contributed by atoms with van der Waals surface area (Å²) in [7, 11) is 0. The van der Waals surface area contributed by atoms with Crippen molar-refractivity contribution in [3.63, 3.8) is 0 Å². The van der Waals surface area contributed by atoms with Gasteiger partial charge < -0.3 is 9.32 Å². The zero-order valence-corrected chi connectivity index (χ0v) is 11.4. The third-order valence-electron chi connectivity index (χ3n) is 3.77. The quantitative estimate of drug-likeness (QED) is 0.858. The smallest absolute Gasteiger partial charge is 0.223 e. The number of pyridine rings is 1. The first-order valence-corrected chi connectivity index (χ1v) is 7.07. The molecule has 3 heterocycles. The van der Waals surface area contributed by atoms with Gasteiger partial charge >= 0.3 is 0 Å². The van der Waals surface area contributed by atoms with Crippen LogP contribution in [-0.2, 0) is 11.2 Å². The van der Waals surface area contributed by atoms with Crippen LogP contribution in [0.3, 0.4) is 0 Å². The molecule has 0 spiro atoms. The molecule has 1 fully saturated rings. The standard InChI is InChI=1S/C16H18N2O2/c19-16(9-8-13-5-4-12-20-13)18-11-3-7-15(18)14-6-1-2-10-17-14/h1-2,4-6,10,12,15H,3,7-9,11H2/t15-/m1/s1. The van der Waals surface area contributed by atoms with Gasteiger partial charge in [0.2, 0.25) is 5.91 Å². The fourth-order valence-electron chi connectivity index (χ4n) is 2.77.